The summed E-state index contributed by atoms with van der Waals surface area (Å²) in [6.07, 6.45) is 5.98. The summed E-state index contributed by atoms with van der Waals surface area (Å²) in [4.78, 5) is 13.7. The summed E-state index contributed by atoms with van der Waals surface area (Å²) in [5.74, 6) is 0.460. The Morgan fingerprint density at radius 2 is 1.65 bits per heavy atom. The number of fused-ring (bicyclic) bond motifs is 1. The lowest BCUT2D eigenvalue weighted by molar-refractivity contribution is -0.161. The SMILES string of the molecule is CC(=O)OC(CCCCCCCN(C)C)Oc1cccc2ccccc12. The molecular weight excluding hydrogens is 326 g/mol. The van der Waals surface area contributed by atoms with Gasteiger partial charge in [-0.05, 0) is 44.9 Å². The van der Waals surface area contributed by atoms with Crippen LogP contribution >= 0.6 is 0 Å². The van der Waals surface area contributed by atoms with Gasteiger partial charge in [-0.25, -0.2) is 0 Å². The Kier molecular flexibility index (Phi) is 8.42. The lowest BCUT2D eigenvalue weighted by Crippen LogP contribution is -2.23. The third-order valence-corrected chi connectivity index (χ3v) is 4.35. The van der Waals surface area contributed by atoms with Gasteiger partial charge in [-0.15, -0.1) is 0 Å². The monoisotopic (exact) mass is 357 g/mol. The van der Waals surface area contributed by atoms with Crippen LogP contribution in [0.1, 0.15) is 45.4 Å². The second-order valence-corrected chi connectivity index (χ2v) is 6.99. The number of hydrogen-bond donors (Lipinski definition) is 0. The quantitative estimate of drug-likeness (QED) is 0.322. The fourth-order valence-electron chi connectivity index (χ4n) is 3.04. The molecule has 142 valence electrons. The molecule has 4 heteroatoms. The van der Waals surface area contributed by atoms with Crippen LogP contribution in [0.15, 0.2) is 42.5 Å². The number of rotatable bonds is 11. The Hall–Kier alpha value is -2.07. The summed E-state index contributed by atoms with van der Waals surface area (Å²) in [5.41, 5.74) is 0. The van der Waals surface area contributed by atoms with Crippen molar-refractivity contribution in [2.75, 3.05) is 20.6 Å². The number of esters is 1. The van der Waals surface area contributed by atoms with E-state index >= 15 is 0 Å². The number of benzene rings is 2. The van der Waals surface area contributed by atoms with Crippen molar-refractivity contribution in [3.8, 4) is 5.75 Å². The van der Waals surface area contributed by atoms with Gasteiger partial charge in [0.1, 0.15) is 5.75 Å². The van der Waals surface area contributed by atoms with Crippen LogP contribution in [0, 0.1) is 0 Å². The van der Waals surface area contributed by atoms with E-state index in [1.807, 2.05) is 30.3 Å². The van der Waals surface area contributed by atoms with Gasteiger partial charge in [0, 0.05) is 18.7 Å². The molecule has 0 heterocycles. The van der Waals surface area contributed by atoms with Crippen LogP contribution in [0.3, 0.4) is 0 Å². The average Bonchev–Trinajstić information content (AvgIpc) is 2.60. The third-order valence-electron chi connectivity index (χ3n) is 4.35. The highest BCUT2D eigenvalue weighted by molar-refractivity contribution is 5.88. The van der Waals surface area contributed by atoms with Gasteiger partial charge in [0.2, 0.25) is 6.29 Å². The van der Waals surface area contributed by atoms with Crippen LogP contribution in [0.5, 0.6) is 5.75 Å². The molecule has 0 aromatic heterocycles. The maximum absolute atomic E-state index is 11.4. The Labute approximate surface area is 157 Å². The summed E-state index contributed by atoms with van der Waals surface area (Å²) in [7, 11) is 4.21. The molecule has 1 unspecified atom stereocenters. The maximum atomic E-state index is 11.4. The van der Waals surface area contributed by atoms with Crippen LogP contribution in [0.4, 0.5) is 0 Å². The minimum Gasteiger partial charge on any atom is -0.454 e. The average molecular weight is 357 g/mol. The molecule has 0 aliphatic rings. The molecule has 0 saturated heterocycles. The van der Waals surface area contributed by atoms with E-state index in [-0.39, 0.29) is 5.97 Å². The smallest absolute Gasteiger partial charge is 0.305 e. The van der Waals surface area contributed by atoms with E-state index in [1.165, 1.54) is 26.2 Å². The zero-order chi connectivity index (χ0) is 18.8. The first-order valence-electron chi connectivity index (χ1n) is 9.52. The molecule has 0 bridgehead atoms. The topological polar surface area (TPSA) is 38.8 Å². The normalized spacial score (nSPS) is 12.3. The lowest BCUT2D eigenvalue weighted by Gasteiger charge is -2.20. The molecule has 0 spiro atoms. The first-order chi connectivity index (χ1) is 12.6. The molecule has 0 N–H and O–H groups in total. The van der Waals surface area contributed by atoms with Crippen molar-refractivity contribution < 1.29 is 14.3 Å². The largest absolute Gasteiger partial charge is 0.454 e. The van der Waals surface area contributed by atoms with E-state index in [4.69, 9.17) is 9.47 Å². The van der Waals surface area contributed by atoms with Gasteiger partial charge in [0.05, 0.1) is 0 Å². The highest BCUT2D eigenvalue weighted by Gasteiger charge is 2.15. The molecule has 0 aliphatic carbocycles. The second kappa shape index (κ2) is 10.8. The number of carbonyl (C=O) groups is 1. The standard InChI is InChI=1S/C22H31NO3/c1-18(24)25-22(16-7-5-4-6-10-17-23(2)3)26-21-15-11-13-19-12-8-9-14-20(19)21/h8-9,11-15,22H,4-7,10,16-17H2,1-3H3. The van der Waals surface area contributed by atoms with Gasteiger partial charge >= 0.3 is 5.97 Å². The third kappa shape index (κ3) is 7.04. The van der Waals surface area contributed by atoms with Gasteiger partial charge in [0.15, 0.2) is 0 Å². The van der Waals surface area contributed by atoms with Crippen LogP contribution in [-0.2, 0) is 9.53 Å². The Morgan fingerprint density at radius 1 is 0.962 bits per heavy atom. The fraction of sp³-hybridized carbons (Fsp3) is 0.500. The molecule has 2 aromatic carbocycles. The van der Waals surface area contributed by atoms with Crippen LogP contribution in [0.25, 0.3) is 10.8 Å². The molecule has 0 amide bonds. The van der Waals surface area contributed by atoms with Crippen molar-refractivity contribution >= 4 is 16.7 Å². The van der Waals surface area contributed by atoms with Gasteiger partial charge in [-0.1, -0.05) is 55.7 Å². The number of unbranched alkanes of at least 4 members (excludes halogenated alkanes) is 4. The van der Waals surface area contributed by atoms with Gasteiger partial charge in [0.25, 0.3) is 0 Å². The minimum atomic E-state index is -0.528. The van der Waals surface area contributed by atoms with E-state index in [0.717, 1.165) is 42.3 Å². The van der Waals surface area contributed by atoms with E-state index in [9.17, 15) is 4.79 Å². The maximum Gasteiger partial charge on any atom is 0.305 e. The van der Waals surface area contributed by atoms with Crippen molar-refractivity contribution in [2.45, 2.75) is 51.7 Å². The van der Waals surface area contributed by atoms with Gasteiger partial charge in [-0.2, -0.15) is 0 Å². The predicted octanol–water partition coefficient (Wildman–Crippen LogP) is 5.01. The van der Waals surface area contributed by atoms with Crippen LogP contribution in [0.2, 0.25) is 0 Å². The zero-order valence-corrected chi connectivity index (χ0v) is 16.2. The molecule has 0 aliphatic heterocycles. The molecule has 26 heavy (non-hydrogen) atoms. The van der Waals surface area contributed by atoms with Crippen molar-refractivity contribution in [1.82, 2.24) is 4.90 Å². The van der Waals surface area contributed by atoms with Gasteiger partial charge < -0.3 is 14.4 Å². The molecular formula is C22H31NO3. The molecule has 0 radical (unpaired) electrons. The lowest BCUT2D eigenvalue weighted by atomic mass is 10.1. The summed E-state index contributed by atoms with van der Waals surface area (Å²) >= 11 is 0. The summed E-state index contributed by atoms with van der Waals surface area (Å²) in [6, 6.07) is 14.0. The zero-order valence-electron chi connectivity index (χ0n) is 16.2. The van der Waals surface area contributed by atoms with E-state index in [1.54, 1.807) is 0 Å². The molecule has 1 atom stereocenters. The molecule has 2 rings (SSSR count). The first kappa shape index (κ1) is 20.2. The summed E-state index contributed by atoms with van der Waals surface area (Å²) in [6.45, 7) is 2.57. The predicted molar refractivity (Wildman–Crippen MR) is 106 cm³/mol. The van der Waals surface area contributed by atoms with Crippen LogP contribution < -0.4 is 4.74 Å². The second-order valence-electron chi connectivity index (χ2n) is 6.99. The fourth-order valence-corrected chi connectivity index (χ4v) is 3.04. The summed E-state index contributed by atoms with van der Waals surface area (Å²) < 4.78 is 11.4. The molecule has 2 aromatic rings. The van der Waals surface area contributed by atoms with Crippen molar-refractivity contribution in [1.29, 1.82) is 0 Å². The van der Waals surface area contributed by atoms with Crippen molar-refractivity contribution in [2.24, 2.45) is 0 Å². The minimum absolute atomic E-state index is 0.304. The van der Waals surface area contributed by atoms with Crippen molar-refractivity contribution in [3.05, 3.63) is 42.5 Å². The van der Waals surface area contributed by atoms with Crippen LogP contribution in [-0.4, -0.2) is 37.8 Å². The highest BCUT2D eigenvalue weighted by atomic mass is 16.7. The van der Waals surface area contributed by atoms with E-state index in [0.29, 0.717) is 0 Å². The number of nitrogens with zero attached hydrogens (tertiary/aromatic N) is 1. The van der Waals surface area contributed by atoms with Crippen molar-refractivity contribution in [3.63, 3.8) is 0 Å². The number of ether oxygens (including phenoxy) is 2. The number of carbonyl (C=O) groups excluding carboxylic acids is 1. The van der Waals surface area contributed by atoms with E-state index < -0.39 is 6.29 Å². The van der Waals surface area contributed by atoms with E-state index in [2.05, 4.69) is 31.1 Å². The summed E-state index contributed by atoms with van der Waals surface area (Å²) in [5, 5.41) is 2.16. The molecule has 0 fully saturated rings. The van der Waals surface area contributed by atoms with Gasteiger partial charge in [-0.3, -0.25) is 4.79 Å². The Bertz CT molecular complexity index is 679. The molecule has 4 nitrogen and oxygen atoms in total. The number of hydrogen-bond acceptors (Lipinski definition) is 4. The Morgan fingerprint density at radius 3 is 2.42 bits per heavy atom. The molecule has 0 saturated carbocycles. The Balaban J connectivity index is 1.86. The first-order valence-corrected chi connectivity index (χ1v) is 9.52. The highest BCUT2D eigenvalue weighted by Crippen LogP contribution is 2.27.